The van der Waals surface area contributed by atoms with Gasteiger partial charge in [0, 0.05) is 0 Å². The minimum atomic E-state index is -4.42. The number of benzene rings is 2. The molecule has 0 saturated carbocycles. The number of nitriles is 1. The molecule has 0 amide bonds. The number of allylic oxidation sites excluding steroid dienone is 1. The third-order valence-corrected chi connectivity index (χ3v) is 4.64. The second-order valence-electron chi connectivity index (χ2n) is 5.37. The van der Waals surface area contributed by atoms with Crippen LogP contribution in [0.5, 0.6) is 5.75 Å². The van der Waals surface area contributed by atoms with Crippen LogP contribution in [0.1, 0.15) is 23.1 Å². The Morgan fingerprint density at radius 1 is 1.23 bits per heavy atom. The van der Waals surface area contributed by atoms with E-state index in [1.165, 1.54) is 17.4 Å². The van der Waals surface area contributed by atoms with Gasteiger partial charge in [-0.15, -0.1) is 11.3 Å². The molecule has 0 aliphatic rings. The molecule has 0 spiro atoms. The molecule has 0 aliphatic heterocycles. The maximum absolute atomic E-state index is 12.8. The van der Waals surface area contributed by atoms with Crippen molar-refractivity contribution in [2.45, 2.75) is 13.1 Å². The van der Waals surface area contributed by atoms with Gasteiger partial charge in [0.15, 0.2) is 0 Å². The molecule has 1 aromatic heterocycles. The summed E-state index contributed by atoms with van der Waals surface area (Å²) in [5.41, 5.74) is 0.549. The average molecular weight is 374 g/mol. The second kappa shape index (κ2) is 7.18. The van der Waals surface area contributed by atoms with Crippen LogP contribution in [0.4, 0.5) is 13.2 Å². The first-order valence-corrected chi connectivity index (χ1v) is 8.55. The van der Waals surface area contributed by atoms with E-state index in [0.29, 0.717) is 21.9 Å². The summed E-state index contributed by atoms with van der Waals surface area (Å²) < 4.78 is 44.4. The first kappa shape index (κ1) is 18.0. The molecule has 0 fully saturated rings. The molecule has 3 rings (SSSR count). The summed E-state index contributed by atoms with van der Waals surface area (Å²) in [5.74, 6) is 0.725. The summed E-state index contributed by atoms with van der Waals surface area (Å²) in [6.07, 6.45) is -2.77. The Kier molecular flexibility index (Phi) is 4.96. The van der Waals surface area contributed by atoms with E-state index in [-0.39, 0.29) is 5.52 Å². The van der Waals surface area contributed by atoms with Crippen molar-refractivity contribution in [3.63, 3.8) is 0 Å². The van der Waals surface area contributed by atoms with Crippen molar-refractivity contribution in [2.24, 2.45) is 0 Å². The number of nitrogens with zero attached hydrogens (tertiary/aromatic N) is 2. The topological polar surface area (TPSA) is 45.9 Å². The number of halogens is 3. The molecule has 0 unspecified atom stereocenters. The third kappa shape index (κ3) is 3.86. The lowest BCUT2D eigenvalue weighted by molar-refractivity contribution is -0.137. The molecule has 3 aromatic rings. The second-order valence-corrected chi connectivity index (χ2v) is 6.40. The number of aromatic nitrogens is 1. The van der Waals surface area contributed by atoms with Crippen molar-refractivity contribution in [3.05, 3.63) is 58.6 Å². The number of hydrogen-bond donors (Lipinski definition) is 0. The Labute approximate surface area is 152 Å². The molecule has 2 aromatic carbocycles. The zero-order valence-electron chi connectivity index (χ0n) is 13.7. The van der Waals surface area contributed by atoms with Gasteiger partial charge in [0.2, 0.25) is 0 Å². The quantitative estimate of drug-likeness (QED) is 0.544. The highest BCUT2D eigenvalue weighted by Crippen LogP contribution is 2.34. The predicted octanol–water partition coefficient (Wildman–Crippen LogP) is 5.78. The molecule has 26 heavy (non-hydrogen) atoms. The lowest BCUT2D eigenvalue weighted by Crippen LogP contribution is -2.03. The van der Waals surface area contributed by atoms with E-state index in [1.54, 1.807) is 30.3 Å². The van der Waals surface area contributed by atoms with Gasteiger partial charge in [0.1, 0.15) is 16.8 Å². The predicted molar refractivity (Wildman–Crippen MR) is 95.7 cm³/mol. The molecular weight excluding hydrogens is 361 g/mol. The van der Waals surface area contributed by atoms with E-state index in [4.69, 9.17) is 4.74 Å². The van der Waals surface area contributed by atoms with Crippen molar-refractivity contribution in [1.29, 1.82) is 5.26 Å². The highest BCUT2D eigenvalue weighted by Gasteiger charge is 2.30. The molecule has 0 N–H and O–H groups in total. The molecule has 7 heteroatoms. The Hall–Kier alpha value is -2.85. The average Bonchev–Trinajstić information content (AvgIpc) is 3.03. The van der Waals surface area contributed by atoms with Crippen LogP contribution in [-0.4, -0.2) is 11.6 Å². The number of thiazole rings is 1. The summed E-state index contributed by atoms with van der Waals surface area (Å²) in [5, 5.41) is 9.82. The van der Waals surface area contributed by atoms with Gasteiger partial charge in [-0.25, -0.2) is 4.98 Å². The van der Waals surface area contributed by atoms with Gasteiger partial charge in [-0.2, -0.15) is 18.4 Å². The van der Waals surface area contributed by atoms with E-state index in [9.17, 15) is 18.4 Å². The maximum Gasteiger partial charge on any atom is 0.416 e. The minimum absolute atomic E-state index is 0.229. The summed E-state index contributed by atoms with van der Waals surface area (Å²) in [7, 11) is 0. The molecule has 0 aliphatic carbocycles. The number of ether oxygens (including phenoxy) is 1. The Balaban J connectivity index is 1.96. The first-order valence-electron chi connectivity index (χ1n) is 7.73. The van der Waals surface area contributed by atoms with Crippen molar-refractivity contribution in [3.8, 4) is 11.8 Å². The first-order chi connectivity index (χ1) is 12.4. The molecule has 132 valence electrons. The standard InChI is InChI=1S/C19H13F3N2OS/c1-2-25-15-6-3-12(4-7-15)9-13(11-23)18-24-16-10-14(19(20,21)22)5-8-17(16)26-18/h3-10H,2H2,1H3. The molecular formula is C19H13F3N2OS. The van der Waals surface area contributed by atoms with Gasteiger partial charge in [0.05, 0.1) is 28.0 Å². The highest BCUT2D eigenvalue weighted by molar-refractivity contribution is 7.19. The monoisotopic (exact) mass is 374 g/mol. The zero-order valence-corrected chi connectivity index (χ0v) is 14.5. The summed E-state index contributed by atoms with van der Waals surface area (Å²) in [6.45, 7) is 2.45. The van der Waals surface area contributed by atoms with Crippen molar-refractivity contribution < 1.29 is 17.9 Å². The number of hydrogen-bond acceptors (Lipinski definition) is 4. The van der Waals surface area contributed by atoms with Gasteiger partial charge >= 0.3 is 6.18 Å². The van der Waals surface area contributed by atoms with E-state index in [2.05, 4.69) is 11.1 Å². The Morgan fingerprint density at radius 3 is 2.58 bits per heavy atom. The summed E-state index contributed by atoms with van der Waals surface area (Å²) >= 11 is 1.19. The summed E-state index contributed by atoms with van der Waals surface area (Å²) in [4.78, 5) is 4.20. The highest BCUT2D eigenvalue weighted by atomic mass is 32.1. The van der Waals surface area contributed by atoms with Crippen molar-refractivity contribution in [1.82, 2.24) is 4.98 Å². The smallest absolute Gasteiger partial charge is 0.416 e. The minimum Gasteiger partial charge on any atom is -0.494 e. The van der Waals surface area contributed by atoms with E-state index in [0.717, 1.165) is 23.4 Å². The molecule has 1 heterocycles. The lowest BCUT2D eigenvalue weighted by atomic mass is 10.1. The van der Waals surface area contributed by atoms with E-state index in [1.807, 2.05) is 6.92 Å². The van der Waals surface area contributed by atoms with Crippen LogP contribution >= 0.6 is 11.3 Å². The number of rotatable bonds is 4. The van der Waals surface area contributed by atoms with E-state index >= 15 is 0 Å². The van der Waals surface area contributed by atoms with Crippen LogP contribution in [0.3, 0.4) is 0 Å². The van der Waals surface area contributed by atoms with Crippen LogP contribution in [0.2, 0.25) is 0 Å². The van der Waals surface area contributed by atoms with Crippen LogP contribution < -0.4 is 4.74 Å². The molecule has 0 saturated heterocycles. The lowest BCUT2D eigenvalue weighted by Gasteiger charge is -2.04. The molecule has 0 bridgehead atoms. The fourth-order valence-electron chi connectivity index (χ4n) is 2.35. The van der Waals surface area contributed by atoms with Gasteiger partial charge < -0.3 is 4.74 Å². The normalized spacial score (nSPS) is 12.2. The third-order valence-electron chi connectivity index (χ3n) is 3.57. The summed E-state index contributed by atoms with van der Waals surface area (Å²) in [6, 6.07) is 12.7. The fourth-order valence-corrected chi connectivity index (χ4v) is 3.27. The van der Waals surface area contributed by atoms with Crippen molar-refractivity contribution >= 4 is 33.2 Å². The molecule has 3 nitrogen and oxygen atoms in total. The van der Waals surface area contributed by atoms with Gasteiger partial charge in [-0.1, -0.05) is 12.1 Å². The van der Waals surface area contributed by atoms with Crippen LogP contribution in [-0.2, 0) is 6.18 Å². The largest absolute Gasteiger partial charge is 0.494 e. The van der Waals surface area contributed by atoms with Crippen LogP contribution in [0.25, 0.3) is 21.9 Å². The zero-order chi connectivity index (χ0) is 18.7. The fraction of sp³-hybridized carbons (Fsp3) is 0.158. The Morgan fingerprint density at radius 2 is 1.96 bits per heavy atom. The molecule has 0 radical (unpaired) electrons. The Bertz CT molecular complexity index is 998. The van der Waals surface area contributed by atoms with Gasteiger partial charge in [-0.05, 0) is 48.9 Å². The van der Waals surface area contributed by atoms with Crippen LogP contribution in [0, 0.1) is 11.3 Å². The maximum atomic E-state index is 12.8. The van der Waals surface area contributed by atoms with Gasteiger partial charge in [-0.3, -0.25) is 0 Å². The van der Waals surface area contributed by atoms with Gasteiger partial charge in [0.25, 0.3) is 0 Å². The van der Waals surface area contributed by atoms with Crippen molar-refractivity contribution in [2.75, 3.05) is 6.61 Å². The number of alkyl halides is 3. The molecule has 0 atom stereocenters. The SMILES string of the molecule is CCOc1ccc(C=C(C#N)c2nc3cc(C(F)(F)F)ccc3s2)cc1. The number of fused-ring (bicyclic) bond motifs is 1. The van der Waals surface area contributed by atoms with Crippen LogP contribution in [0.15, 0.2) is 42.5 Å². The van der Waals surface area contributed by atoms with E-state index < -0.39 is 11.7 Å².